The van der Waals surface area contributed by atoms with Crippen LogP contribution in [0.1, 0.15) is 5.69 Å². The summed E-state index contributed by atoms with van der Waals surface area (Å²) in [5.74, 6) is 0.0530. The number of rotatable bonds is 2. The van der Waals surface area contributed by atoms with Crippen molar-refractivity contribution in [2.75, 3.05) is 23.8 Å². The fraction of sp³-hybridized carbons (Fsp3) is 0.167. The number of nitrogens with zero attached hydrogens (tertiary/aromatic N) is 2. The van der Waals surface area contributed by atoms with Gasteiger partial charge in [-0.3, -0.25) is 4.98 Å². The van der Waals surface area contributed by atoms with E-state index in [0.29, 0.717) is 5.69 Å². The van der Waals surface area contributed by atoms with Crippen molar-refractivity contribution in [1.82, 2.24) is 9.97 Å². The lowest BCUT2D eigenvalue weighted by molar-refractivity contribution is -0.141. The Kier molecular flexibility index (Phi) is 3.39. The van der Waals surface area contributed by atoms with Gasteiger partial charge in [-0.25, -0.2) is 4.98 Å². The Labute approximate surface area is 112 Å². The molecule has 0 amide bonds. The fourth-order valence-electron chi connectivity index (χ4n) is 1.67. The Morgan fingerprint density at radius 3 is 2.50 bits per heavy atom. The number of aromatic nitrogens is 2. The summed E-state index contributed by atoms with van der Waals surface area (Å²) < 4.78 is 37.9. The number of nitrogens with two attached hydrogens (primary N) is 2. The highest BCUT2D eigenvalue weighted by Crippen LogP contribution is 2.32. The molecule has 0 aromatic carbocycles. The molecular weight excluding hydrogens is 271 g/mol. The van der Waals surface area contributed by atoms with E-state index >= 15 is 0 Å². The second kappa shape index (κ2) is 4.87. The van der Waals surface area contributed by atoms with E-state index < -0.39 is 11.9 Å². The van der Waals surface area contributed by atoms with Crippen LogP contribution < -0.4 is 16.8 Å². The summed E-state index contributed by atoms with van der Waals surface area (Å²) >= 11 is 0. The van der Waals surface area contributed by atoms with Crippen molar-refractivity contribution in [2.24, 2.45) is 0 Å². The van der Waals surface area contributed by atoms with Crippen LogP contribution in [0.5, 0.6) is 0 Å². The third kappa shape index (κ3) is 2.58. The number of nitrogen functional groups attached to an aromatic ring is 2. The number of halogens is 3. The van der Waals surface area contributed by atoms with Gasteiger partial charge in [-0.2, -0.15) is 13.2 Å². The highest BCUT2D eigenvalue weighted by atomic mass is 19.4. The molecule has 0 fully saturated rings. The molecule has 0 radical (unpaired) electrons. The number of hydrogen-bond acceptors (Lipinski definition) is 5. The number of pyridine rings is 2. The molecule has 0 atom stereocenters. The first kappa shape index (κ1) is 13.9. The number of anilines is 3. The van der Waals surface area contributed by atoms with Crippen molar-refractivity contribution in [3.8, 4) is 11.3 Å². The molecule has 5 nitrogen and oxygen atoms in total. The van der Waals surface area contributed by atoms with Gasteiger partial charge in [-0.1, -0.05) is 0 Å². The molecule has 0 saturated carbocycles. The van der Waals surface area contributed by atoms with E-state index in [1.807, 2.05) is 0 Å². The molecular formula is C12H12F3N5. The molecule has 0 aliphatic heterocycles. The van der Waals surface area contributed by atoms with Gasteiger partial charge in [0.15, 0.2) is 0 Å². The van der Waals surface area contributed by atoms with Crippen molar-refractivity contribution in [2.45, 2.75) is 6.18 Å². The van der Waals surface area contributed by atoms with Gasteiger partial charge < -0.3 is 16.8 Å². The molecule has 8 heteroatoms. The van der Waals surface area contributed by atoms with Crippen molar-refractivity contribution < 1.29 is 13.2 Å². The van der Waals surface area contributed by atoms with Gasteiger partial charge >= 0.3 is 6.18 Å². The van der Waals surface area contributed by atoms with E-state index in [4.69, 9.17) is 11.5 Å². The Hall–Kier alpha value is -2.51. The first-order valence-corrected chi connectivity index (χ1v) is 5.60. The Balaban J connectivity index is 2.55. The van der Waals surface area contributed by atoms with E-state index in [1.165, 1.54) is 12.1 Å². The molecule has 0 aliphatic carbocycles. The highest BCUT2D eigenvalue weighted by Gasteiger charge is 2.32. The van der Waals surface area contributed by atoms with Crippen LogP contribution in [0.15, 0.2) is 24.4 Å². The molecule has 0 aliphatic rings. The van der Waals surface area contributed by atoms with Crippen LogP contribution >= 0.6 is 0 Å². The summed E-state index contributed by atoms with van der Waals surface area (Å²) in [4.78, 5) is 7.29. The molecule has 0 saturated heterocycles. The van der Waals surface area contributed by atoms with Crippen LogP contribution in [0.3, 0.4) is 0 Å². The van der Waals surface area contributed by atoms with Crippen LogP contribution in [0.2, 0.25) is 0 Å². The molecule has 106 valence electrons. The van der Waals surface area contributed by atoms with Crippen LogP contribution in [0.4, 0.5) is 30.4 Å². The van der Waals surface area contributed by atoms with Crippen molar-refractivity contribution in [3.63, 3.8) is 0 Å². The van der Waals surface area contributed by atoms with Gasteiger partial charge in [-0.05, 0) is 18.2 Å². The molecule has 0 bridgehead atoms. The lowest BCUT2D eigenvalue weighted by Gasteiger charge is -2.11. The molecule has 20 heavy (non-hydrogen) atoms. The minimum atomic E-state index is -4.51. The number of alkyl halides is 3. The van der Waals surface area contributed by atoms with Gasteiger partial charge in [0.25, 0.3) is 0 Å². The average Bonchev–Trinajstić information content (AvgIpc) is 2.41. The summed E-state index contributed by atoms with van der Waals surface area (Å²) in [6, 6.07) is 3.87. The Bertz CT molecular complexity index is 639. The minimum absolute atomic E-state index is 0.0530. The zero-order chi connectivity index (χ0) is 14.9. The molecule has 2 heterocycles. The third-order valence-electron chi connectivity index (χ3n) is 2.70. The quantitative estimate of drug-likeness (QED) is 0.787. The SMILES string of the molecule is CNc1cc(-c2ccnc(C(F)(F)F)c2)nc(N)c1N. The summed E-state index contributed by atoms with van der Waals surface area (Å²) in [5, 5.41) is 2.81. The van der Waals surface area contributed by atoms with E-state index in [0.717, 1.165) is 12.3 Å². The molecule has 0 spiro atoms. The monoisotopic (exact) mass is 283 g/mol. The first-order valence-electron chi connectivity index (χ1n) is 5.60. The van der Waals surface area contributed by atoms with Crippen LogP contribution in [-0.4, -0.2) is 17.0 Å². The average molecular weight is 283 g/mol. The normalized spacial score (nSPS) is 11.4. The number of nitrogens with one attached hydrogen (secondary N) is 1. The summed E-state index contributed by atoms with van der Waals surface area (Å²) in [6.07, 6.45) is -3.44. The van der Waals surface area contributed by atoms with Gasteiger partial charge in [-0.15, -0.1) is 0 Å². The maximum absolute atomic E-state index is 12.6. The maximum Gasteiger partial charge on any atom is 0.433 e. The Morgan fingerprint density at radius 2 is 1.90 bits per heavy atom. The molecule has 0 unspecified atom stereocenters. The van der Waals surface area contributed by atoms with Crippen LogP contribution in [-0.2, 0) is 6.18 Å². The minimum Gasteiger partial charge on any atom is -0.394 e. The molecule has 2 aromatic heterocycles. The summed E-state index contributed by atoms with van der Waals surface area (Å²) in [5.41, 5.74) is 11.6. The van der Waals surface area contributed by atoms with Gasteiger partial charge in [0, 0.05) is 18.8 Å². The lowest BCUT2D eigenvalue weighted by Crippen LogP contribution is -2.08. The Morgan fingerprint density at radius 1 is 1.20 bits per heavy atom. The largest absolute Gasteiger partial charge is 0.433 e. The van der Waals surface area contributed by atoms with E-state index in [9.17, 15) is 13.2 Å². The summed E-state index contributed by atoms with van der Waals surface area (Å²) in [7, 11) is 1.63. The van der Waals surface area contributed by atoms with Crippen molar-refractivity contribution in [1.29, 1.82) is 0 Å². The zero-order valence-corrected chi connectivity index (χ0v) is 10.5. The van der Waals surface area contributed by atoms with E-state index in [2.05, 4.69) is 15.3 Å². The fourth-order valence-corrected chi connectivity index (χ4v) is 1.67. The van der Waals surface area contributed by atoms with Gasteiger partial charge in [0.05, 0.1) is 17.1 Å². The first-order chi connectivity index (χ1) is 9.32. The van der Waals surface area contributed by atoms with Crippen molar-refractivity contribution in [3.05, 3.63) is 30.1 Å². The smallest absolute Gasteiger partial charge is 0.394 e. The molecule has 2 rings (SSSR count). The third-order valence-corrected chi connectivity index (χ3v) is 2.70. The second-order valence-electron chi connectivity index (χ2n) is 4.03. The summed E-state index contributed by atoms with van der Waals surface area (Å²) in [6.45, 7) is 0. The predicted molar refractivity (Wildman–Crippen MR) is 70.8 cm³/mol. The van der Waals surface area contributed by atoms with Crippen molar-refractivity contribution >= 4 is 17.2 Å². The van der Waals surface area contributed by atoms with Crippen LogP contribution in [0.25, 0.3) is 11.3 Å². The molecule has 5 N–H and O–H groups in total. The van der Waals surface area contributed by atoms with Gasteiger partial charge in [0.1, 0.15) is 11.5 Å². The number of hydrogen-bond donors (Lipinski definition) is 3. The topological polar surface area (TPSA) is 89.8 Å². The van der Waals surface area contributed by atoms with E-state index in [1.54, 1.807) is 7.05 Å². The molecule has 2 aromatic rings. The maximum atomic E-state index is 12.6. The second-order valence-corrected chi connectivity index (χ2v) is 4.03. The highest BCUT2D eigenvalue weighted by molar-refractivity contribution is 5.81. The van der Waals surface area contributed by atoms with Gasteiger partial charge in [0.2, 0.25) is 0 Å². The predicted octanol–water partition coefficient (Wildman–Crippen LogP) is 2.37. The standard InChI is InChI=1S/C12H12F3N5/c1-18-8-5-7(20-11(17)10(8)16)6-2-3-19-9(4-6)12(13,14)15/h2-5H,16H2,1H3,(H3,17,18,20). The van der Waals surface area contributed by atoms with Crippen LogP contribution in [0, 0.1) is 0 Å². The zero-order valence-electron chi connectivity index (χ0n) is 10.5. The van der Waals surface area contributed by atoms with E-state index in [-0.39, 0.29) is 22.8 Å². The lowest BCUT2D eigenvalue weighted by atomic mass is 10.1.